The SMILES string of the molecule is COc1ccc(C[C@@H]2NC(=O)c3ccc(OC)c(c3)CCCNC(=O)CN(C(=O)C(C)C)C[C@H](CC(C)C)NC2=O)cc1. The molecule has 2 aromatic rings. The van der Waals surface area contributed by atoms with Crippen LogP contribution in [-0.4, -0.2) is 74.5 Å². The number of methoxy groups -OCH3 is 2. The summed E-state index contributed by atoms with van der Waals surface area (Å²) in [6.45, 7) is 8.13. The second kappa shape index (κ2) is 16.0. The highest BCUT2D eigenvalue weighted by molar-refractivity contribution is 5.98. The van der Waals surface area contributed by atoms with Crippen molar-refractivity contribution in [2.75, 3.05) is 33.9 Å². The van der Waals surface area contributed by atoms with Gasteiger partial charge in [-0.05, 0) is 66.6 Å². The Balaban J connectivity index is 2.00. The molecule has 0 spiro atoms. The third-order valence-electron chi connectivity index (χ3n) is 7.39. The lowest BCUT2D eigenvalue weighted by molar-refractivity contribution is -0.139. The number of fused-ring (bicyclic) bond motifs is 2. The van der Waals surface area contributed by atoms with Crippen LogP contribution in [0.3, 0.4) is 0 Å². The fourth-order valence-electron chi connectivity index (χ4n) is 5.21. The van der Waals surface area contributed by atoms with Gasteiger partial charge in [-0.15, -0.1) is 0 Å². The second-order valence-corrected chi connectivity index (χ2v) is 11.8. The molecule has 234 valence electrons. The van der Waals surface area contributed by atoms with E-state index >= 15 is 0 Å². The highest BCUT2D eigenvalue weighted by atomic mass is 16.5. The molecule has 0 unspecified atom stereocenters. The van der Waals surface area contributed by atoms with E-state index < -0.39 is 12.1 Å². The van der Waals surface area contributed by atoms with Gasteiger partial charge in [-0.3, -0.25) is 19.2 Å². The van der Waals surface area contributed by atoms with Crippen molar-refractivity contribution < 1.29 is 28.7 Å². The molecule has 1 aliphatic heterocycles. The van der Waals surface area contributed by atoms with Crippen LogP contribution in [0.15, 0.2) is 42.5 Å². The van der Waals surface area contributed by atoms with Crippen molar-refractivity contribution in [1.29, 1.82) is 0 Å². The van der Waals surface area contributed by atoms with E-state index in [-0.39, 0.29) is 55.0 Å². The third-order valence-corrected chi connectivity index (χ3v) is 7.39. The largest absolute Gasteiger partial charge is 0.497 e. The van der Waals surface area contributed by atoms with Crippen LogP contribution in [0.25, 0.3) is 0 Å². The molecule has 10 heteroatoms. The smallest absolute Gasteiger partial charge is 0.251 e. The van der Waals surface area contributed by atoms with Crippen molar-refractivity contribution in [3.8, 4) is 11.5 Å². The molecule has 1 aliphatic rings. The molecule has 4 amide bonds. The van der Waals surface area contributed by atoms with Crippen molar-refractivity contribution >= 4 is 23.6 Å². The molecular formula is C33H46N4O6. The first kappa shape index (κ1) is 33.4. The maximum atomic E-state index is 13.9. The molecule has 2 atom stereocenters. The van der Waals surface area contributed by atoms with Crippen LogP contribution < -0.4 is 25.4 Å². The summed E-state index contributed by atoms with van der Waals surface area (Å²) in [5, 5.41) is 8.96. The van der Waals surface area contributed by atoms with Gasteiger partial charge in [0.05, 0.1) is 20.8 Å². The Kier molecular flexibility index (Phi) is 12.4. The van der Waals surface area contributed by atoms with Crippen LogP contribution >= 0.6 is 0 Å². The van der Waals surface area contributed by atoms with E-state index in [4.69, 9.17) is 9.47 Å². The molecule has 0 saturated carbocycles. The van der Waals surface area contributed by atoms with E-state index in [1.165, 1.54) is 4.90 Å². The summed E-state index contributed by atoms with van der Waals surface area (Å²) in [4.78, 5) is 55.0. The summed E-state index contributed by atoms with van der Waals surface area (Å²) in [6.07, 6.45) is 2.00. The first-order chi connectivity index (χ1) is 20.5. The highest BCUT2D eigenvalue weighted by Gasteiger charge is 2.29. The van der Waals surface area contributed by atoms with E-state index in [0.717, 1.165) is 11.1 Å². The molecule has 0 saturated heterocycles. The second-order valence-electron chi connectivity index (χ2n) is 11.8. The zero-order chi connectivity index (χ0) is 31.5. The van der Waals surface area contributed by atoms with Crippen molar-refractivity contribution in [3.63, 3.8) is 0 Å². The third kappa shape index (κ3) is 10.0. The molecule has 2 bridgehead atoms. The van der Waals surface area contributed by atoms with Gasteiger partial charge in [0.1, 0.15) is 17.5 Å². The van der Waals surface area contributed by atoms with Crippen LogP contribution in [0, 0.1) is 11.8 Å². The summed E-state index contributed by atoms with van der Waals surface area (Å²) in [6, 6.07) is 11.2. The fourth-order valence-corrected chi connectivity index (χ4v) is 5.21. The van der Waals surface area contributed by atoms with Crippen molar-refractivity contribution in [2.45, 2.75) is 65.5 Å². The number of aryl methyl sites for hydroxylation is 1. The number of nitrogens with one attached hydrogen (secondary N) is 3. The van der Waals surface area contributed by atoms with E-state index in [1.54, 1.807) is 46.3 Å². The maximum absolute atomic E-state index is 13.9. The standard InChI is InChI=1S/C33H46N4O6/c1-21(2)16-26-19-37(33(41)22(3)4)20-30(38)34-15-7-8-24-18-25(11-14-29(24)43-6)31(39)36-28(32(40)35-26)17-23-9-12-27(42-5)13-10-23/h9-14,18,21-22,26,28H,7-8,15-17,19-20H2,1-6H3,(H,34,38)(H,35,40)(H,36,39)/t26-,28-/m0/s1. The van der Waals surface area contributed by atoms with Crippen LogP contribution in [0.4, 0.5) is 0 Å². The Morgan fingerprint density at radius 2 is 1.70 bits per heavy atom. The van der Waals surface area contributed by atoms with E-state index in [2.05, 4.69) is 16.0 Å². The highest BCUT2D eigenvalue weighted by Crippen LogP contribution is 2.22. The molecule has 3 rings (SSSR count). The number of carbonyl (C=O) groups is 4. The summed E-state index contributed by atoms with van der Waals surface area (Å²) in [5.74, 6) is 0.0328. The Labute approximate surface area is 254 Å². The Morgan fingerprint density at radius 3 is 2.33 bits per heavy atom. The molecule has 0 aliphatic carbocycles. The summed E-state index contributed by atoms with van der Waals surface area (Å²) >= 11 is 0. The van der Waals surface area contributed by atoms with Gasteiger partial charge < -0.3 is 30.3 Å². The average molecular weight is 595 g/mol. The van der Waals surface area contributed by atoms with Crippen LogP contribution in [0.1, 0.15) is 62.0 Å². The minimum Gasteiger partial charge on any atom is -0.497 e. The van der Waals surface area contributed by atoms with Gasteiger partial charge in [0.25, 0.3) is 5.91 Å². The van der Waals surface area contributed by atoms with Gasteiger partial charge in [0, 0.05) is 37.0 Å². The van der Waals surface area contributed by atoms with Crippen molar-refractivity contribution in [3.05, 3.63) is 59.2 Å². The minimum atomic E-state index is -0.894. The Hall–Kier alpha value is -4.08. The van der Waals surface area contributed by atoms with E-state index in [9.17, 15) is 19.2 Å². The summed E-state index contributed by atoms with van der Waals surface area (Å²) in [5.41, 5.74) is 2.07. The van der Waals surface area contributed by atoms with Gasteiger partial charge >= 0.3 is 0 Å². The minimum absolute atomic E-state index is 0.105. The molecular weight excluding hydrogens is 548 g/mol. The van der Waals surface area contributed by atoms with Crippen LogP contribution in [0.2, 0.25) is 0 Å². The molecule has 10 nitrogen and oxygen atoms in total. The number of hydrogen-bond acceptors (Lipinski definition) is 6. The normalized spacial score (nSPS) is 18.9. The lowest BCUT2D eigenvalue weighted by Gasteiger charge is -2.31. The van der Waals surface area contributed by atoms with Gasteiger partial charge in [-0.2, -0.15) is 0 Å². The van der Waals surface area contributed by atoms with Crippen LogP contribution in [0.5, 0.6) is 11.5 Å². The van der Waals surface area contributed by atoms with Gasteiger partial charge in [-0.1, -0.05) is 39.8 Å². The number of rotatable bonds is 7. The zero-order valence-corrected chi connectivity index (χ0v) is 26.2. The molecule has 0 radical (unpaired) electrons. The van der Waals surface area contributed by atoms with E-state index in [0.29, 0.717) is 42.9 Å². The van der Waals surface area contributed by atoms with Gasteiger partial charge in [-0.25, -0.2) is 0 Å². The van der Waals surface area contributed by atoms with Crippen molar-refractivity contribution in [2.24, 2.45) is 11.8 Å². The summed E-state index contributed by atoms with van der Waals surface area (Å²) in [7, 11) is 3.15. The lowest BCUT2D eigenvalue weighted by Crippen LogP contribution is -2.55. The number of amides is 4. The number of nitrogens with zero attached hydrogens (tertiary/aromatic N) is 1. The lowest BCUT2D eigenvalue weighted by atomic mass is 10.00. The Bertz CT molecular complexity index is 1260. The number of ether oxygens (including phenoxy) is 2. The zero-order valence-electron chi connectivity index (χ0n) is 26.2. The van der Waals surface area contributed by atoms with Gasteiger partial charge in [0.15, 0.2) is 0 Å². The molecule has 0 aromatic heterocycles. The van der Waals surface area contributed by atoms with Gasteiger partial charge in [0.2, 0.25) is 17.7 Å². The van der Waals surface area contributed by atoms with Crippen LogP contribution in [-0.2, 0) is 27.2 Å². The molecule has 3 N–H and O–H groups in total. The number of benzene rings is 2. The number of carbonyl (C=O) groups excluding carboxylic acids is 4. The average Bonchev–Trinajstić information content (AvgIpc) is 2.97. The first-order valence-corrected chi connectivity index (χ1v) is 15.0. The predicted octanol–water partition coefficient (Wildman–Crippen LogP) is 3.12. The monoisotopic (exact) mass is 594 g/mol. The maximum Gasteiger partial charge on any atom is 0.251 e. The van der Waals surface area contributed by atoms with Crippen molar-refractivity contribution in [1.82, 2.24) is 20.9 Å². The Morgan fingerprint density at radius 1 is 0.977 bits per heavy atom. The van der Waals surface area contributed by atoms with E-state index in [1.807, 2.05) is 38.1 Å². The molecule has 2 aromatic carbocycles. The predicted molar refractivity (Wildman–Crippen MR) is 165 cm³/mol. The molecule has 1 heterocycles. The molecule has 0 fully saturated rings. The fraction of sp³-hybridized carbons (Fsp3) is 0.515. The molecule has 43 heavy (non-hydrogen) atoms. The topological polar surface area (TPSA) is 126 Å². The number of hydrogen-bond donors (Lipinski definition) is 3. The summed E-state index contributed by atoms with van der Waals surface area (Å²) < 4.78 is 10.8. The first-order valence-electron chi connectivity index (χ1n) is 15.0. The quantitative estimate of drug-likeness (QED) is 0.452.